The first-order valence-electron chi connectivity index (χ1n) is 8.28. The topological polar surface area (TPSA) is 105 Å². The molecule has 4 rings (SSSR count). The normalized spacial score (nSPS) is 22.0. The number of hydrogen-bond donors (Lipinski definition) is 6. The van der Waals surface area contributed by atoms with Crippen LogP contribution in [0.4, 0.5) is 0 Å². The summed E-state index contributed by atoms with van der Waals surface area (Å²) in [6.45, 7) is 1.99. The lowest BCUT2D eigenvalue weighted by Crippen LogP contribution is -2.11. The summed E-state index contributed by atoms with van der Waals surface area (Å²) < 4.78 is 0. The third-order valence-electron chi connectivity index (χ3n) is 4.04. The maximum Gasteiger partial charge on any atom is 0.157 e. The van der Waals surface area contributed by atoms with Gasteiger partial charge in [0.05, 0.1) is 10.7 Å². The van der Waals surface area contributed by atoms with Crippen molar-refractivity contribution < 1.29 is 20.4 Å². The highest BCUT2D eigenvalue weighted by atomic mass is 32.2. The third kappa shape index (κ3) is 4.70. The van der Waals surface area contributed by atoms with Crippen molar-refractivity contribution >= 4 is 23.5 Å². The van der Waals surface area contributed by atoms with Crippen molar-refractivity contribution in [2.24, 2.45) is 0 Å². The van der Waals surface area contributed by atoms with Gasteiger partial charge in [-0.2, -0.15) is 0 Å². The minimum atomic E-state index is -0.0632. The van der Waals surface area contributed by atoms with Gasteiger partial charge in [-0.05, 0) is 35.4 Å². The molecule has 0 spiro atoms. The number of nitrogens with one attached hydrogen (secondary N) is 2. The molecule has 2 aliphatic rings. The second kappa shape index (κ2) is 8.77. The predicted octanol–water partition coefficient (Wildman–Crippen LogP) is 2.87. The van der Waals surface area contributed by atoms with E-state index in [0.29, 0.717) is 0 Å². The molecule has 0 saturated carbocycles. The van der Waals surface area contributed by atoms with Crippen LogP contribution in [0, 0.1) is 0 Å². The highest BCUT2D eigenvalue weighted by molar-refractivity contribution is 8.00. The van der Waals surface area contributed by atoms with E-state index < -0.39 is 0 Å². The molecule has 0 bridgehead atoms. The zero-order valence-corrected chi connectivity index (χ0v) is 15.7. The molecular formula is C18H22N2O4S2. The van der Waals surface area contributed by atoms with Crippen molar-refractivity contribution in [3.63, 3.8) is 0 Å². The molecule has 0 amide bonds. The number of hydrogen-bond acceptors (Lipinski definition) is 8. The molecule has 2 aromatic carbocycles. The fraction of sp³-hybridized carbons (Fsp3) is 0.333. The first kappa shape index (κ1) is 19.0. The lowest BCUT2D eigenvalue weighted by Gasteiger charge is -2.10. The molecule has 2 saturated heterocycles. The van der Waals surface area contributed by atoms with Crippen LogP contribution < -0.4 is 10.6 Å². The Labute approximate surface area is 160 Å². The van der Waals surface area contributed by atoms with E-state index in [0.717, 1.165) is 35.7 Å². The van der Waals surface area contributed by atoms with Crippen LogP contribution in [-0.4, -0.2) is 45.0 Å². The summed E-state index contributed by atoms with van der Waals surface area (Å²) in [5.74, 6) is 1.95. The maximum atomic E-state index is 9.27. The smallest absolute Gasteiger partial charge is 0.157 e. The third-order valence-corrected chi connectivity index (χ3v) is 6.46. The molecule has 26 heavy (non-hydrogen) atoms. The molecule has 0 aliphatic carbocycles. The van der Waals surface area contributed by atoms with E-state index in [1.165, 1.54) is 12.1 Å². The van der Waals surface area contributed by atoms with Crippen LogP contribution in [0.25, 0.3) is 0 Å². The summed E-state index contributed by atoms with van der Waals surface area (Å²) in [7, 11) is 0. The second-order valence-corrected chi connectivity index (χ2v) is 8.33. The highest BCUT2D eigenvalue weighted by Crippen LogP contribution is 2.35. The molecule has 2 fully saturated rings. The van der Waals surface area contributed by atoms with E-state index in [4.69, 9.17) is 10.2 Å². The quantitative estimate of drug-likeness (QED) is 0.432. The SMILES string of the molecule is Oc1ccc(C2NCCS2)cc1O.Oc1ccc(C2NCCS2)cc1O. The molecule has 2 aliphatic heterocycles. The van der Waals surface area contributed by atoms with Gasteiger partial charge in [0.2, 0.25) is 0 Å². The van der Waals surface area contributed by atoms with Gasteiger partial charge in [0, 0.05) is 24.6 Å². The van der Waals surface area contributed by atoms with Crippen LogP contribution in [0.1, 0.15) is 21.9 Å². The van der Waals surface area contributed by atoms with Gasteiger partial charge >= 0.3 is 0 Å². The van der Waals surface area contributed by atoms with Crippen molar-refractivity contribution in [3.8, 4) is 23.0 Å². The number of aromatic hydroxyl groups is 4. The zero-order chi connectivity index (χ0) is 18.5. The van der Waals surface area contributed by atoms with Gasteiger partial charge < -0.3 is 31.1 Å². The number of benzene rings is 2. The Morgan fingerprint density at radius 2 is 1.08 bits per heavy atom. The van der Waals surface area contributed by atoms with E-state index in [1.54, 1.807) is 35.7 Å². The molecular weight excluding hydrogens is 372 g/mol. The molecule has 2 unspecified atom stereocenters. The first-order chi connectivity index (χ1) is 12.5. The number of phenolic OH excluding ortho intramolecular Hbond substituents is 4. The molecule has 0 aromatic heterocycles. The molecule has 2 atom stereocenters. The predicted molar refractivity (Wildman–Crippen MR) is 106 cm³/mol. The summed E-state index contributed by atoms with van der Waals surface area (Å²) in [5, 5.41) is 43.9. The summed E-state index contributed by atoms with van der Waals surface area (Å²) in [6.07, 6.45) is 0. The van der Waals surface area contributed by atoms with Crippen LogP contribution in [0.5, 0.6) is 23.0 Å². The zero-order valence-electron chi connectivity index (χ0n) is 14.1. The second-order valence-electron chi connectivity index (χ2n) is 5.91. The van der Waals surface area contributed by atoms with Crippen LogP contribution in [0.2, 0.25) is 0 Å². The van der Waals surface area contributed by atoms with Crippen molar-refractivity contribution in [2.75, 3.05) is 24.6 Å². The molecule has 6 nitrogen and oxygen atoms in total. The van der Waals surface area contributed by atoms with E-state index in [2.05, 4.69) is 10.6 Å². The van der Waals surface area contributed by atoms with Gasteiger partial charge in [0.1, 0.15) is 0 Å². The van der Waals surface area contributed by atoms with Crippen molar-refractivity contribution in [3.05, 3.63) is 47.5 Å². The molecule has 2 aromatic rings. The molecule has 2 heterocycles. The van der Waals surface area contributed by atoms with E-state index in [1.807, 2.05) is 12.1 Å². The van der Waals surface area contributed by atoms with E-state index in [9.17, 15) is 10.2 Å². The Hall–Kier alpha value is -1.74. The van der Waals surface area contributed by atoms with Crippen molar-refractivity contribution in [1.82, 2.24) is 10.6 Å². The standard InChI is InChI=1S/2C9H11NO2S/c2*11-7-2-1-6(5-8(7)12)9-10-3-4-13-9/h2*1-2,5,9-12H,3-4H2. The van der Waals surface area contributed by atoms with Crippen LogP contribution in [0.3, 0.4) is 0 Å². The van der Waals surface area contributed by atoms with Gasteiger partial charge in [-0.1, -0.05) is 12.1 Å². The summed E-state index contributed by atoms with van der Waals surface area (Å²) in [6, 6.07) is 9.89. The monoisotopic (exact) mass is 394 g/mol. The minimum Gasteiger partial charge on any atom is -0.504 e. The molecule has 6 N–H and O–H groups in total. The summed E-state index contributed by atoms with van der Waals surface area (Å²) in [4.78, 5) is 0. The Kier molecular flexibility index (Phi) is 6.42. The van der Waals surface area contributed by atoms with Gasteiger partial charge in [0.25, 0.3) is 0 Å². The lowest BCUT2D eigenvalue weighted by molar-refractivity contribution is 0.403. The van der Waals surface area contributed by atoms with Gasteiger partial charge in [-0.25, -0.2) is 0 Å². The first-order valence-corrected chi connectivity index (χ1v) is 10.4. The fourth-order valence-electron chi connectivity index (χ4n) is 2.69. The largest absolute Gasteiger partial charge is 0.504 e. The number of phenols is 4. The van der Waals surface area contributed by atoms with Gasteiger partial charge in [0.15, 0.2) is 23.0 Å². The molecule has 8 heteroatoms. The molecule has 140 valence electrons. The van der Waals surface area contributed by atoms with Gasteiger partial charge in [-0.15, -0.1) is 23.5 Å². The van der Waals surface area contributed by atoms with E-state index in [-0.39, 0.29) is 33.7 Å². The van der Waals surface area contributed by atoms with Crippen LogP contribution in [0.15, 0.2) is 36.4 Å². The Morgan fingerprint density at radius 1 is 0.654 bits per heavy atom. The maximum absolute atomic E-state index is 9.27. The lowest BCUT2D eigenvalue weighted by atomic mass is 10.2. The summed E-state index contributed by atoms with van der Waals surface area (Å²) >= 11 is 3.61. The minimum absolute atomic E-state index is 0.0493. The highest BCUT2D eigenvalue weighted by Gasteiger charge is 2.18. The Morgan fingerprint density at radius 3 is 1.38 bits per heavy atom. The van der Waals surface area contributed by atoms with Crippen LogP contribution in [-0.2, 0) is 0 Å². The van der Waals surface area contributed by atoms with E-state index >= 15 is 0 Å². The van der Waals surface area contributed by atoms with Gasteiger partial charge in [-0.3, -0.25) is 0 Å². The average Bonchev–Trinajstić information content (AvgIpc) is 3.34. The summed E-state index contributed by atoms with van der Waals surface area (Å²) in [5.41, 5.74) is 2.02. The van der Waals surface area contributed by atoms with Crippen molar-refractivity contribution in [2.45, 2.75) is 10.7 Å². The fourth-order valence-corrected chi connectivity index (χ4v) is 4.78. The number of thioether (sulfide) groups is 2. The Balaban J connectivity index is 0.000000151. The Bertz CT molecular complexity index is 684. The van der Waals surface area contributed by atoms with Crippen LogP contribution >= 0.6 is 23.5 Å². The molecule has 0 radical (unpaired) electrons. The average molecular weight is 395 g/mol. The number of rotatable bonds is 2. The van der Waals surface area contributed by atoms with Crippen molar-refractivity contribution in [1.29, 1.82) is 0 Å².